The highest BCUT2D eigenvalue weighted by Crippen LogP contribution is 2.27. The fourth-order valence-corrected chi connectivity index (χ4v) is 2.59. The quantitative estimate of drug-likeness (QED) is 0.552. The standard InChI is InChI=1S/C20H21BrN2O6/c1-13-7-8-16(17(9-13)27-2)28-12-20(26)29-11-19(25)22-10-18(24)23-15-6-4-3-5-14(15)21/h3-9H,10-12H2,1-2H3,(H,22,25)(H,23,24). The van der Waals surface area contributed by atoms with Crippen molar-refractivity contribution < 1.29 is 28.6 Å². The minimum Gasteiger partial charge on any atom is -0.493 e. The fraction of sp³-hybridized carbons (Fsp3) is 0.250. The molecular weight excluding hydrogens is 444 g/mol. The number of carbonyl (C=O) groups excluding carboxylic acids is 3. The van der Waals surface area contributed by atoms with Crippen molar-refractivity contribution in [2.45, 2.75) is 6.92 Å². The van der Waals surface area contributed by atoms with Crippen LogP contribution in [0.15, 0.2) is 46.9 Å². The highest BCUT2D eigenvalue weighted by Gasteiger charge is 2.12. The van der Waals surface area contributed by atoms with Gasteiger partial charge in [0.2, 0.25) is 5.91 Å². The molecule has 2 aromatic rings. The Balaban J connectivity index is 1.69. The Bertz CT molecular complexity index is 887. The van der Waals surface area contributed by atoms with E-state index in [0.717, 1.165) is 10.0 Å². The molecule has 0 fully saturated rings. The van der Waals surface area contributed by atoms with Crippen molar-refractivity contribution in [3.63, 3.8) is 0 Å². The van der Waals surface area contributed by atoms with Gasteiger partial charge in [0.15, 0.2) is 24.7 Å². The monoisotopic (exact) mass is 464 g/mol. The third-order valence-electron chi connectivity index (χ3n) is 3.62. The molecule has 0 saturated heterocycles. The molecule has 2 N–H and O–H groups in total. The SMILES string of the molecule is COc1cc(C)ccc1OCC(=O)OCC(=O)NCC(=O)Nc1ccccc1Br. The van der Waals surface area contributed by atoms with E-state index in [9.17, 15) is 14.4 Å². The molecule has 0 spiro atoms. The number of ether oxygens (including phenoxy) is 3. The molecule has 2 rings (SSSR count). The maximum absolute atomic E-state index is 11.9. The molecule has 0 atom stereocenters. The van der Waals surface area contributed by atoms with Gasteiger partial charge in [-0.05, 0) is 52.7 Å². The van der Waals surface area contributed by atoms with Gasteiger partial charge in [-0.2, -0.15) is 0 Å². The topological polar surface area (TPSA) is 103 Å². The zero-order valence-electron chi connectivity index (χ0n) is 16.0. The predicted octanol–water partition coefficient (Wildman–Crippen LogP) is 2.44. The first-order chi connectivity index (χ1) is 13.9. The largest absolute Gasteiger partial charge is 0.493 e. The number of amides is 2. The lowest BCUT2D eigenvalue weighted by Gasteiger charge is -2.11. The second-order valence-electron chi connectivity index (χ2n) is 5.91. The van der Waals surface area contributed by atoms with E-state index in [2.05, 4.69) is 26.6 Å². The molecule has 0 aliphatic rings. The lowest BCUT2D eigenvalue weighted by Crippen LogP contribution is -2.36. The summed E-state index contributed by atoms with van der Waals surface area (Å²) in [6.07, 6.45) is 0. The minimum atomic E-state index is -0.722. The third-order valence-corrected chi connectivity index (χ3v) is 4.31. The molecule has 29 heavy (non-hydrogen) atoms. The van der Waals surface area contributed by atoms with E-state index in [1.54, 1.807) is 30.3 Å². The molecule has 0 radical (unpaired) electrons. The number of aryl methyl sites for hydroxylation is 1. The van der Waals surface area contributed by atoms with Crippen molar-refractivity contribution in [2.75, 3.05) is 32.2 Å². The molecule has 0 heterocycles. The van der Waals surface area contributed by atoms with Crippen molar-refractivity contribution in [2.24, 2.45) is 0 Å². The number of para-hydroxylation sites is 1. The maximum Gasteiger partial charge on any atom is 0.344 e. The summed E-state index contributed by atoms with van der Waals surface area (Å²) in [6.45, 7) is 0.748. The van der Waals surface area contributed by atoms with Crippen LogP contribution in [0.25, 0.3) is 0 Å². The normalized spacial score (nSPS) is 10.0. The number of methoxy groups -OCH3 is 1. The molecule has 0 aliphatic heterocycles. The highest BCUT2D eigenvalue weighted by atomic mass is 79.9. The van der Waals surface area contributed by atoms with Crippen molar-refractivity contribution in [3.05, 3.63) is 52.5 Å². The van der Waals surface area contributed by atoms with Crippen LogP contribution in [0, 0.1) is 6.92 Å². The summed E-state index contributed by atoms with van der Waals surface area (Å²) in [6, 6.07) is 12.3. The van der Waals surface area contributed by atoms with Crippen molar-refractivity contribution in [1.29, 1.82) is 0 Å². The molecule has 154 valence electrons. The van der Waals surface area contributed by atoms with Crippen LogP contribution in [0.2, 0.25) is 0 Å². The smallest absolute Gasteiger partial charge is 0.344 e. The number of halogens is 1. The Morgan fingerprint density at radius 2 is 1.76 bits per heavy atom. The Kier molecular flexibility index (Phi) is 8.47. The van der Waals surface area contributed by atoms with Gasteiger partial charge < -0.3 is 24.8 Å². The zero-order chi connectivity index (χ0) is 21.2. The maximum atomic E-state index is 11.9. The average molecular weight is 465 g/mol. The summed E-state index contributed by atoms with van der Waals surface area (Å²) < 4.78 is 16.1. The number of hydrogen-bond acceptors (Lipinski definition) is 6. The van der Waals surface area contributed by atoms with Gasteiger partial charge in [0.1, 0.15) is 0 Å². The Morgan fingerprint density at radius 1 is 1.00 bits per heavy atom. The van der Waals surface area contributed by atoms with Crippen LogP contribution in [0.3, 0.4) is 0 Å². The predicted molar refractivity (Wildman–Crippen MR) is 110 cm³/mol. The number of esters is 1. The van der Waals surface area contributed by atoms with Crippen LogP contribution in [-0.2, 0) is 19.1 Å². The molecule has 2 aromatic carbocycles. The number of carbonyl (C=O) groups is 3. The Hall–Kier alpha value is -3.07. The zero-order valence-corrected chi connectivity index (χ0v) is 17.6. The van der Waals surface area contributed by atoms with Crippen molar-refractivity contribution >= 4 is 39.4 Å². The average Bonchev–Trinajstić information content (AvgIpc) is 2.71. The molecule has 0 saturated carbocycles. The molecule has 8 nitrogen and oxygen atoms in total. The van der Waals surface area contributed by atoms with Gasteiger partial charge >= 0.3 is 5.97 Å². The molecule has 9 heteroatoms. The number of nitrogens with one attached hydrogen (secondary N) is 2. The molecule has 0 unspecified atom stereocenters. The van der Waals surface area contributed by atoms with Gasteiger partial charge in [-0.1, -0.05) is 18.2 Å². The van der Waals surface area contributed by atoms with Gasteiger partial charge in [0, 0.05) is 4.47 Å². The summed E-state index contributed by atoms with van der Waals surface area (Å²) in [7, 11) is 1.50. The van der Waals surface area contributed by atoms with E-state index < -0.39 is 24.4 Å². The van der Waals surface area contributed by atoms with Crippen molar-refractivity contribution in [3.8, 4) is 11.5 Å². The minimum absolute atomic E-state index is 0.255. The molecular formula is C20H21BrN2O6. The van der Waals surface area contributed by atoms with Crippen LogP contribution < -0.4 is 20.1 Å². The molecule has 0 bridgehead atoms. The van der Waals surface area contributed by atoms with Crippen LogP contribution in [-0.4, -0.2) is 44.7 Å². The van der Waals surface area contributed by atoms with E-state index in [0.29, 0.717) is 17.2 Å². The Labute approximate surface area is 176 Å². The molecule has 2 amide bonds. The molecule has 0 aromatic heterocycles. The molecule has 0 aliphatic carbocycles. The summed E-state index contributed by atoms with van der Waals surface area (Å²) in [5.74, 6) is -0.852. The van der Waals surface area contributed by atoms with Gasteiger partial charge in [0.25, 0.3) is 5.91 Å². The number of rotatable bonds is 9. The van der Waals surface area contributed by atoms with Crippen LogP contribution >= 0.6 is 15.9 Å². The van der Waals surface area contributed by atoms with E-state index >= 15 is 0 Å². The van der Waals surface area contributed by atoms with Crippen LogP contribution in [0.5, 0.6) is 11.5 Å². The van der Waals surface area contributed by atoms with E-state index in [-0.39, 0.29) is 13.2 Å². The number of anilines is 1. The number of hydrogen-bond donors (Lipinski definition) is 2. The van der Waals surface area contributed by atoms with Gasteiger partial charge in [-0.15, -0.1) is 0 Å². The summed E-state index contributed by atoms with van der Waals surface area (Å²) in [5.41, 5.74) is 1.57. The van der Waals surface area contributed by atoms with Crippen LogP contribution in [0.4, 0.5) is 5.69 Å². The summed E-state index contributed by atoms with van der Waals surface area (Å²) in [4.78, 5) is 35.4. The summed E-state index contributed by atoms with van der Waals surface area (Å²) in [5, 5.41) is 5.01. The summed E-state index contributed by atoms with van der Waals surface area (Å²) >= 11 is 3.31. The second kappa shape index (κ2) is 11.1. The third kappa shape index (κ3) is 7.46. The first kappa shape index (κ1) is 22.2. The van der Waals surface area contributed by atoms with E-state index in [1.165, 1.54) is 7.11 Å². The first-order valence-electron chi connectivity index (χ1n) is 8.63. The lowest BCUT2D eigenvalue weighted by atomic mass is 10.2. The van der Waals surface area contributed by atoms with Gasteiger partial charge in [-0.25, -0.2) is 4.79 Å². The first-order valence-corrected chi connectivity index (χ1v) is 9.42. The second-order valence-corrected chi connectivity index (χ2v) is 6.76. The van der Waals surface area contributed by atoms with Crippen molar-refractivity contribution in [1.82, 2.24) is 5.32 Å². The Morgan fingerprint density at radius 3 is 2.48 bits per heavy atom. The van der Waals surface area contributed by atoms with E-state index in [1.807, 2.05) is 19.1 Å². The van der Waals surface area contributed by atoms with Gasteiger partial charge in [-0.3, -0.25) is 9.59 Å². The van der Waals surface area contributed by atoms with Crippen LogP contribution in [0.1, 0.15) is 5.56 Å². The lowest BCUT2D eigenvalue weighted by molar-refractivity contribution is -0.150. The highest BCUT2D eigenvalue weighted by molar-refractivity contribution is 9.10. The van der Waals surface area contributed by atoms with E-state index in [4.69, 9.17) is 14.2 Å². The number of benzene rings is 2. The van der Waals surface area contributed by atoms with Gasteiger partial charge in [0.05, 0.1) is 19.3 Å². The fourth-order valence-electron chi connectivity index (χ4n) is 2.21.